The third kappa shape index (κ3) is 4.96. The summed E-state index contributed by atoms with van der Waals surface area (Å²) >= 11 is 0. The van der Waals surface area contributed by atoms with Crippen LogP contribution in [0.3, 0.4) is 0 Å². The average Bonchev–Trinajstić information content (AvgIpc) is 3.12. The first-order valence-electron chi connectivity index (χ1n) is 9.12. The minimum Gasteiger partial charge on any atom is -0.493 e. The third-order valence-electron chi connectivity index (χ3n) is 4.59. The molecule has 0 saturated heterocycles. The molecule has 136 valence electrons. The van der Waals surface area contributed by atoms with Crippen LogP contribution in [0.1, 0.15) is 29.2 Å². The fourth-order valence-electron chi connectivity index (χ4n) is 2.99. The van der Waals surface area contributed by atoms with Crippen molar-refractivity contribution in [1.29, 1.82) is 0 Å². The molecule has 2 aromatic rings. The van der Waals surface area contributed by atoms with Crippen molar-refractivity contribution < 1.29 is 9.53 Å². The van der Waals surface area contributed by atoms with Crippen molar-refractivity contribution in [1.82, 2.24) is 10.2 Å². The topological polar surface area (TPSA) is 41.6 Å². The zero-order chi connectivity index (χ0) is 18.4. The Balaban J connectivity index is 1.53. The van der Waals surface area contributed by atoms with Gasteiger partial charge in [0.05, 0.1) is 6.61 Å². The Kier molecular flexibility index (Phi) is 6.08. The van der Waals surface area contributed by atoms with Gasteiger partial charge in [-0.2, -0.15) is 0 Å². The molecule has 0 unspecified atom stereocenters. The van der Waals surface area contributed by atoms with E-state index in [1.807, 2.05) is 30.3 Å². The average molecular weight is 350 g/mol. The number of rotatable bonds is 7. The van der Waals surface area contributed by atoms with E-state index in [9.17, 15) is 4.79 Å². The van der Waals surface area contributed by atoms with Gasteiger partial charge in [0, 0.05) is 25.6 Å². The SMILES string of the molecule is CCN(C)Cc1cccc(CNC(=O)/C=C/c2ccc3c(c2)CCO3)c1. The van der Waals surface area contributed by atoms with Crippen LogP contribution >= 0.6 is 0 Å². The maximum Gasteiger partial charge on any atom is 0.244 e. The largest absolute Gasteiger partial charge is 0.493 e. The van der Waals surface area contributed by atoms with Crippen molar-refractivity contribution in [2.24, 2.45) is 0 Å². The number of hydrogen-bond donors (Lipinski definition) is 1. The zero-order valence-electron chi connectivity index (χ0n) is 15.5. The predicted molar refractivity (Wildman–Crippen MR) is 105 cm³/mol. The van der Waals surface area contributed by atoms with Crippen LogP contribution < -0.4 is 10.1 Å². The maximum atomic E-state index is 12.1. The molecule has 1 heterocycles. The summed E-state index contributed by atoms with van der Waals surface area (Å²) < 4.78 is 5.50. The first-order chi connectivity index (χ1) is 12.6. The van der Waals surface area contributed by atoms with Crippen molar-refractivity contribution in [3.05, 3.63) is 70.8 Å². The molecule has 0 bridgehead atoms. The Morgan fingerprint density at radius 2 is 2.08 bits per heavy atom. The van der Waals surface area contributed by atoms with Crippen LogP contribution in [-0.2, 0) is 24.3 Å². The highest BCUT2D eigenvalue weighted by Gasteiger charge is 2.11. The predicted octanol–water partition coefficient (Wildman–Crippen LogP) is 3.40. The van der Waals surface area contributed by atoms with E-state index < -0.39 is 0 Å². The molecule has 4 nitrogen and oxygen atoms in total. The van der Waals surface area contributed by atoms with Gasteiger partial charge < -0.3 is 15.0 Å². The highest BCUT2D eigenvalue weighted by molar-refractivity contribution is 5.91. The van der Waals surface area contributed by atoms with Crippen molar-refractivity contribution in [2.75, 3.05) is 20.2 Å². The highest BCUT2D eigenvalue weighted by atomic mass is 16.5. The molecule has 0 fully saturated rings. The Morgan fingerprint density at radius 1 is 1.23 bits per heavy atom. The molecule has 1 aliphatic heterocycles. The van der Waals surface area contributed by atoms with Crippen LogP contribution in [0.15, 0.2) is 48.5 Å². The van der Waals surface area contributed by atoms with Crippen molar-refractivity contribution in [3.8, 4) is 5.75 Å². The second-order valence-electron chi connectivity index (χ2n) is 6.67. The molecular weight excluding hydrogens is 324 g/mol. The number of carbonyl (C=O) groups is 1. The van der Waals surface area contributed by atoms with Crippen LogP contribution in [0.4, 0.5) is 0 Å². The van der Waals surface area contributed by atoms with Gasteiger partial charge in [-0.05, 0) is 54.1 Å². The van der Waals surface area contributed by atoms with Gasteiger partial charge in [-0.25, -0.2) is 0 Å². The van der Waals surface area contributed by atoms with Crippen LogP contribution in [-0.4, -0.2) is 31.0 Å². The molecular formula is C22H26N2O2. The van der Waals surface area contributed by atoms with E-state index in [2.05, 4.69) is 42.4 Å². The lowest BCUT2D eigenvalue weighted by Crippen LogP contribution is -2.20. The Morgan fingerprint density at radius 3 is 2.92 bits per heavy atom. The van der Waals surface area contributed by atoms with Crippen molar-refractivity contribution in [3.63, 3.8) is 0 Å². The molecule has 26 heavy (non-hydrogen) atoms. The van der Waals surface area contributed by atoms with Gasteiger partial charge in [0.25, 0.3) is 0 Å². The number of benzene rings is 2. The summed E-state index contributed by atoms with van der Waals surface area (Å²) in [5.74, 6) is 0.873. The lowest BCUT2D eigenvalue weighted by atomic mass is 10.1. The Labute approximate surface area is 155 Å². The standard InChI is InChI=1S/C22H26N2O2/c1-3-24(2)16-19-6-4-5-18(13-19)15-23-22(25)10-8-17-7-9-21-20(14-17)11-12-26-21/h4-10,13-14H,3,11-12,15-16H2,1-2H3,(H,23,25)/b10-8+. The van der Waals surface area contributed by atoms with E-state index in [1.165, 1.54) is 11.1 Å². The monoisotopic (exact) mass is 350 g/mol. The van der Waals surface area contributed by atoms with E-state index in [1.54, 1.807) is 6.08 Å². The summed E-state index contributed by atoms with van der Waals surface area (Å²) in [4.78, 5) is 14.4. The lowest BCUT2D eigenvalue weighted by molar-refractivity contribution is -0.116. The maximum absolute atomic E-state index is 12.1. The molecule has 0 saturated carbocycles. The number of nitrogens with one attached hydrogen (secondary N) is 1. The quantitative estimate of drug-likeness (QED) is 0.778. The Bertz CT molecular complexity index is 798. The molecule has 1 amide bonds. The van der Waals surface area contributed by atoms with Crippen molar-refractivity contribution >= 4 is 12.0 Å². The Hall–Kier alpha value is -2.59. The molecule has 0 atom stereocenters. The fraction of sp³-hybridized carbons (Fsp3) is 0.318. The minimum atomic E-state index is -0.0853. The first kappa shape index (κ1) is 18.2. The van der Waals surface area contributed by atoms with Gasteiger partial charge in [-0.1, -0.05) is 37.3 Å². The van der Waals surface area contributed by atoms with E-state index in [0.717, 1.165) is 43.0 Å². The number of nitrogens with zero attached hydrogens (tertiary/aromatic N) is 1. The van der Waals surface area contributed by atoms with Gasteiger partial charge in [0.2, 0.25) is 5.91 Å². The zero-order valence-corrected chi connectivity index (χ0v) is 15.5. The molecule has 0 aromatic heterocycles. The van der Waals surface area contributed by atoms with Crippen LogP contribution in [0.2, 0.25) is 0 Å². The van der Waals surface area contributed by atoms with Crippen LogP contribution in [0.25, 0.3) is 6.08 Å². The smallest absolute Gasteiger partial charge is 0.244 e. The second kappa shape index (κ2) is 8.68. The van der Waals surface area contributed by atoms with Gasteiger partial charge in [-0.15, -0.1) is 0 Å². The molecule has 0 spiro atoms. The number of amides is 1. The third-order valence-corrected chi connectivity index (χ3v) is 4.59. The van der Waals surface area contributed by atoms with Gasteiger partial charge in [0.1, 0.15) is 5.75 Å². The summed E-state index contributed by atoms with van der Waals surface area (Å²) in [5, 5.41) is 2.95. The van der Waals surface area contributed by atoms with Gasteiger partial charge in [-0.3, -0.25) is 4.79 Å². The number of carbonyl (C=O) groups excluding carboxylic acids is 1. The summed E-state index contributed by atoms with van der Waals surface area (Å²) in [7, 11) is 2.10. The van der Waals surface area contributed by atoms with Gasteiger partial charge in [0.15, 0.2) is 0 Å². The van der Waals surface area contributed by atoms with Crippen LogP contribution in [0, 0.1) is 0 Å². The normalized spacial score (nSPS) is 13.0. The van der Waals surface area contributed by atoms with Gasteiger partial charge >= 0.3 is 0 Å². The molecule has 2 aromatic carbocycles. The molecule has 1 N–H and O–H groups in total. The molecule has 3 rings (SSSR count). The number of ether oxygens (including phenoxy) is 1. The minimum absolute atomic E-state index is 0.0853. The lowest BCUT2D eigenvalue weighted by Gasteiger charge is -2.14. The first-order valence-corrected chi connectivity index (χ1v) is 9.12. The summed E-state index contributed by atoms with van der Waals surface area (Å²) in [6.07, 6.45) is 4.37. The highest BCUT2D eigenvalue weighted by Crippen LogP contribution is 2.26. The molecule has 4 heteroatoms. The summed E-state index contributed by atoms with van der Waals surface area (Å²) in [6.45, 7) is 5.35. The number of fused-ring (bicyclic) bond motifs is 1. The number of hydrogen-bond acceptors (Lipinski definition) is 3. The second-order valence-corrected chi connectivity index (χ2v) is 6.67. The van der Waals surface area contributed by atoms with Crippen molar-refractivity contribution in [2.45, 2.75) is 26.4 Å². The van der Waals surface area contributed by atoms with Crippen LogP contribution in [0.5, 0.6) is 5.75 Å². The van der Waals surface area contributed by atoms with E-state index in [4.69, 9.17) is 4.74 Å². The molecule has 0 radical (unpaired) electrons. The van der Waals surface area contributed by atoms with E-state index >= 15 is 0 Å². The molecule has 1 aliphatic rings. The fourth-order valence-corrected chi connectivity index (χ4v) is 2.99. The van der Waals surface area contributed by atoms with E-state index in [0.29, 0.717) is 6.54 Å². The molecule has 0 aliphatic carbocycles. The summed E-state index contributed by atoms with van der Waals surface area (Å²) in [6, 6.07) is 14.4. The summed E-state index contributed by atoms with van der Waals surface area (Å²) in [5.41, 5.74) is 4.61. The van der Waals surface area contributed by atoms with E-state index in [-0.39, 0.29) is 5.91 Å².